The summed E-state index contributed by atoms with van der Waals surface area (Å²) in [4.78, 5) is 22.0. The van der Waals surface area contributed by atoms with Gasteiger partial charge in [0.05, 0.1) is 16.7 Å². The number of aryl methyl sites for hydroxylation is 1. The maximum Gasteiger partial charge on any atom is 0.252 e. The van der Waals surface area contributed by atoms with Crippen LogP contribution in [0.3, 0.4) is 0 Å². The SMILES string of the molecule is Cc1ncc(C(C)NC(=O)c2cc(-c3ccccc3)cc(S(=O)(=O)CC=CC3CCCC3)c2C)cn1. The number of amides is 1. The molecule has 1 aliphatic rings. The van der Waals surface area contributed by atoms with E-state index in [4.69, 9.17) is 0 Å². The van der Waals surface area contributed by atoms with Gasteiger partial charge in [0.25, 0.3) is 5.91 Å². The fraction of sp³-hybridized carbons (Fsp3) is 0.345. The zero-order valence-corrected chi connectivity index (χ0v) is 21.9. The zero-order chi connectivity index (χ0) is 25.7. The van der Waals surface area contributed by atoms with Crippen LogP contribution in [0.4, 0.5) is 0 Å². The smallest absolute Gasteiger partial charge is 0.252 e. The number of benzene rings is 2. The lowest BCUT2D eigenvalue weighted by molar-refractivity contribution is 0.0939. The van der Waals surface area contributed by atoms with E-state index in [9.17, 15) is 13.2 Å². The maximum absolute atomic E-state index is 13.5. The van der Waals surface area contributed by atoms with Crippen LogP contribution in [-0.4, -0.2) is 30.0 Å². The minimum Gasteiger partial charge on any atom is -0.345 e. The Morgan fingerprint density at radius 3 is 2.39 bits per heavy atom. The second kappa shape index (κ2) is 11.2. The average Bonchev–Trinajstić information content (AvgIpc) is 3.38. The first-order chi connectivity index (χ1) is 17.2. The van der Waals surface area contributed by atoms with Gasteiger partial charge >= 0.3 is 0 Å². The Balaban J connectivity index is 1.68. The average molecular weight is 504 g/mol. The Kier molecular flexibility index (Phi) is 7.99. The molecule has 1 aliphatic carbocycles. The third kappa shape index (κ3) is 6.08. The van der Waals surface area contributed by atoms with Gasteiger partial charge in [0.2, 0.25) is 0 Å². The van der Waals surface area contributed by atoms with Crippen molar-refractivity contribution >= 4 is 15.7 Å². The molecular weight excluding hydrogens is 470 g/mol. The standard InChI is InChI=1S/C29H33N3O3S/c1-20-27(29(33)32-21(2)26-18-30-22(3)31-19-26)16-25(24-13-5-4-6-14-24)17-28(20)36(34,35)15-9-12-23-10-7-8-11-23/h4-6,9,12-14,16-19,21,23H,7-8,10-11,15H2,1-3H3,(H,32,33). The predicted octanol–water partition coefficient (Wildman–Crippen LogP) is 5.77. The van der Waals surface area contributed by atoms with E-state index in [-0.39, 0.29) is 22.6 Å². The number of nitrogens with one attached hydrogen (secondary N) is 1. The summed E-state index contributed by atoms with van der Waals surface area (Å²) in [5.41, 5.74) is 3.11. The van der Waals surface area contributed by atoms with Crippen LogP contribution in [0.1, 0.15) is 66.0 Å². The van der Waals surface area contributed by atoms with Crippen LogP contribution in [0.5, 0.6) is 0 Å². The Morgan fingerprint density at radius 2 is 1.72 bits per heavy atom. The molecule has 0 radical (unpaired) electrons. The van der Waals surface area contributed by atoms with Gasteiger partial charge in [0, 0.05) is 23.5 Å². The predicted molar refractivity (Wildman–Crippen MR) is 142 cm³/mol. The molecule has 0 aliphatic heterocycles. The van der Waals surface area contributed by atoms with Crippen molar-refractivity contribution in [1.82, 2.24) is 15.3 Å². The summed E-state index contributed by atoms with van der Waals surface area (Å²) in [5.74, 6) is 0.697. The van der Waals surface area contributed by atoms with Crippen molar-refractivity contribution in [2.24, 2.45) is 5.92 Å². The Bertz CT molecular complexity index is 1340. The van der Waals surface area contributed by atoms with Gasteiger partial charge in [0.15, 0.2) is 9.84 Å². The molecule has 1 fully saturated rings. The quantitative estimate of drug-likeness (QED) is 0.394. The number of nitrogens with zero attached hydrogens (tertiary/aromatic N) is 2. The topological polar surface area (TPSA) is 89.0 Å². The van der Waals surface area contributed by atoms with Gasteiger partial charge in [0.1, 0.15) is 5.82 Å². The fourth-order valence-electron chi connectivity index (χ4n) is 4.64. The number of hydrogen-bond acceptors (Lipinski definition) is 5. The molecule has 1 aromatic heterocycles. The highest BCUT2D eigenvalue weighted by Crippen LogP contribution is 2.30. The van der Waals surface area contributed by atoms with Crippen LogP contribution in [0.15, 0.2) is 71.9 Å². The van der Waals surface area contributed by atoms with Crippen molar-refractivity contribution in [1.29, 1.82) is 0 Å². The molecule has 6 nitrogen and oxygen atoms in total. The van der Waals surface area contributed by atoms with E-state index in [2.05, 4.69) is 15.3 Å². The van der Waals surface area contributed by atoms with E-state index in [0.29, 0.717) is 28.4 Å². The summed E-state index contributed by atoms with van der Waals surface area (Å²) in [6, 6.07) is 12.6. The molecule has 188 valence electrons. The summed E-state index contributed by atoms with van der Waals surface area (Å²) in [6.07, 6.45) is 11.8. The van der Waals surface area contributed by atoms with E-state index >= 15 is 0 Å². The summed E-state index contributed by atoms with van der Waals surface area (Å²) in [5, 5.41) is 2.98. The Hall–Kier alpha value is -3.32. The minimum atomic E-state index is -3.64. The molecule has 0 spiro atoms. The minimum absolute atomic E-state index is 0.0826. The van der Waals surface area contributed by atoms with Crippen LogP contribution in [0.2, 0.25) is 0 Å². The van der Waals surface area contributed by atoms with Gasteiger partial charge in [-0.25, -0.2) is 18.4 Å². The number of carbonyl (C=O) groups is 1. The normalized spacial score (nSPS) is 15.3. The summed E-state index contributed by atoms with van der Waals surface area (Å²) < 4.78 is 26.9. The number of allylic oxidation sites excluding steroid dienone is 1. The maximum atomic E-state index is 13.5. The van der Waals surface area contributed by atoms with Gasteiger partial charge in [-0.3, -0.25) is 4.79 Å². The molecule has 1 unspecified atom stereocenters. The molecule has 3 aromatic rings. The first kappa shape index (κ1) is 25.8. The van der Waals surface area contributed by atoms with Crippen molar-refractivity contribution in [3.05, 3.63) is 89.5 Å². The van der Waals surface area contributed by atoms with Gasteiger partial charge in [-0.1, -0.05) is 55.3 Å². The molecule has 36 heavy (non-hydrogen) atoms. The lowest BCUT2D eigenvalue weighted by atomic mass is 9.98. The van der Waals surface area contributed by atoms with Gasteiger partial charge in [-0.15, -0.1) is 0 Å². The fourth-order valence-corrected chi connectivity index (χ4v) is 6.07. The summed E-state index contributed by atoms with van der Waals surface area (Å²) in [7, 11) is -3.64. The second-order valence-electron chi connectivity index (χ2n) is 9.53. The number of sulfone groups is 1. The van der Waals surface area contributed by atoms with Gasteiger partial charge in [-0.2, -0.15) is 0 Å². The largest absolute Gasteiger partial charge is 0.345 e. The van der Waals surface area contributed by atoms with E-state index in [1.807, 2.05) is 43.3 Å². The number of rotatable bonds is 8. The van der Waals surface area contributed by atoms with Gasteiger partial charge in [-0.05, 0) is 68.4 Å². The van der Waals surface area contributed by atoms with Crippen LogP contribution >= 0.6 is 0 Å². The molecule has 2 aromatic carbocycles. The summed E-state index contributed by atoms with van der Waals surface area (Å²) in [6.45, 7) is 5.36. The third-order valence-electron chi connectivity index (χ3n) is 6.82. The van der Waals surface area contributed by atoms with E-state index in [1.165, 1.54) is 12.8 Å². The molecule has 0 bridgehead atoms. The second-order valence-corrected chi connectivity index (χ2v) is 11.5. The lowest BCUT2D eigenvalue weighted by Gasteiger charge is -2.18. The highest BCUT2D eigenvalue weighted by atomic mass is 32.2. The van der Waals surface area contributed by atoms with Crippen LogP contribution < -0.4 is 5.32 Å². The molecular formula is C29H33N3O3S. The molecule has 1 amide bonds. The van der Waals surface area contributed by atoms with E-state index < -0.39 is 9.84 Å². The molecule has 1 heterocycles. The highest BCUT2D eigenvalue weighted by molar-refractivity contribution is 7.91. The van der Waals surface area contributed by atoms with Crippen molar-refractivity contribution in [3.63, 3.8) is 0 Å². The van der Waals surface area contributed by atoms with Crippen LogP contribution in [0.25, 0.3) is 11.1 Å². The molecule has 7 heteroatoms. The first-order valence-electron chi connectivity index (χ1n) is 12.4. The molecule has 0 saturated heterocycles. The molecule has 4 rings (SSSR count). The van der Waals surface area contributed by atoms with Crippen molar-refractivity contribution in [2.45, 2.75) is 57.4 Å². The number of aromatic nitrogens is 2. The van der Waals surface area contributed by atoms with Crippen molar-refractivity contribution < 1.29 is 13.2 Å². The first-order valence-corrected chi connectivity index (χ1v) is 14.1. The van der Waals surface area contributed by atoms with Crippen LogP contribution in [0, 0.1) is 19.8 Å². The number of hydrogen-bond donors (Lipinski definition) is 1. The van der Waals surface area contributed by atoms with Crippen LogP contribution in [-0.2, 0) is 9.84 Å². The Morgan fingerprint density at radius 1 is 1.06 bits per heavy atom. The van der Waals surface area contributed by atoms with Gasteiger partial charge < -0.3 is 5.32 Å². The van der Waals surface area contributed by atoms with Crippen molar-refractivity contribution in [3.8, 4) is 11.1 Å². The monoisotopic (exact) mass is 503 g/mol. The molecule has 1 saturated carbocycles. The highest BCUT2D eigenvalue weighted by Gasteiger charge is 2.24. The molecule has 1 N–H and O–H groups in total. The Labute approximate surface area is 213 Å². The zero-order valence-electron chi connectivity index (χ0n) is 21.1. The van der Waals surface area contributed by atoms with E-state index in [1.54, 1.807) is 44.4 Å². The number of carbonyl (C=O) groups excluding carboxylic acids is 1. The molecule has 1 atom stereocenters. The third-order valence-corrected chi connectivity index (χ3v) is 8.54. The summed E-state index contributed by atoms with van der Waals surface area (Å²) >= 11 is 0. The lowest BCUT2D eigenvalue weighted by Crippen LogP contribution is -2.28. The van der Waals surface area contributed by atoms with E-state index in [0.717, 1.165) is 24.0 Å². The van der Waals surface area contributed by atoms with Crippen molar-refractivity contribution in [2.75, 3.05) is 5.75 Å².